The van der Waals surface area contributed by atoms with E-state index in [0.717, 1.165) is 17.1 Å². The number of rotatable bonds is 5. The van der Waals surface area contributed by atoms with E-state index in [1.165, 1.54) is 0 Å². The van der Waals surface area contributed by atoms with E-state index >= 15 is 0 Å². The SMILES string of the molecule is Cc1cc(N=CN(C)C)c(Cl)cc1Oc1snc(-c2ccccc2Cl)c1C#N. The van der Waals surface area contributed by atoms with Crippen LogP contribution in [0.2, 0.25) is 10.0 Å². The molecule has 0 amide bonds. The Hall–Kier alpha value is -2.59. The molecule has 0 radical (unpaired) electrons. The molecule has 0 unspecified atom stereocenters. The lowest BCUT2D eigenvalue weighted by Crippen LogP contribution is -2.07. The zero-order valence-corrected chi connectivity index (χ0v) is 17.7. The van der Waals surface area contributed by atoms with Gasteiger partial charge in [-0.3, -0.25) is 0 Å². The van der Waals surface area contributed by atoms with Gasteiger partial charge in [-0.15, -0.1) is 0 Å². The van der Waals surface area contributed by atoms with Crippen molar-refractivity contribution in [1.82, 2.24) is 9.27 Å². The molecule has 142 valence electrons. The van der Waals surface area contributed by atoms with Crippen molar-refractivity contribution in [3.63, 3.8) is 0 Å². The van der Waals surface area contributed by atoms with Gasteiger partial charge >= 0.3 is 0 Å². The molecule has 0 saturated heterocycles. The van der Waals surface area contributed by atoms with Gasteiger partial charge in [-0.05, 0) is 24.6 Å². The summed E-state index contributed by atoms with van der Waals surface area (Å²) in [4.78, 5) is 6.16. The summed E-state index contributed by atoms with van der Waals surface area (Å²) < 4.78 is 10.4. The van der Waals surface area contributed by atoms with Crippen molar-refractivity contribution in [3.05, 3.63) is 57.6 Å². The molecule has 3 aromatic rings. The summed E-state index contributed by atoms with van der Waals surface area (Å²) in [5.74, 6) is 0.541. The molecular formula is C20H16Cl2N4OS. The third-order valence-electron chi connectivity index (χ3n) is 3.78. The summed E-state index contributed by atoms with van der Waals surface area (Å²) in [6.45, 7) is 1.89. The average Bonchev–Trinajstić information content (AvgIpc) is 3.06. The number of hydrogen-bond donors (Lipinski definition) is 0. The summed E-state index contributed by atoms with van der Waals surface area (Å²) in [5, 5.41) is 11.0. The van der Waals surface area contributed by atoms with E-state index in [-0.39, 0.29) is 0 Å². The largest absolute Gasteiger partial charge is 0.443 e. The Morgan fingerprint density at radius 2 is 1.96 bits per heavy atom. The van der Waals surface area contributed by atoms with Gasteiger partial charge < -0.3 is 9.64 Å². The fourth-order valence-corrected chi connectivity index (χ4v) is 3.57. The highest BCUT2D eigenvalue weighted by molar-refractivity contribution is 7.08. The van der Waals surface area contributed by atoms with Gasteiger partial charge in [-0.25, -0.2) is 4.99 Å². The highest BCUT2D eigenvalue weighted by Gasteiger charge is 2.20. The molecule has 0 spiro atoms. The summed E-state index contributed by atoms with van der Waals surface area (Å²) >= 11 is 13.7. The molecule has 1 heterocycles. The highest BCUT2D eigenvalue weighted by atomic mass is 35.5. The Labute approximate surface area is 177 Å². The summed E-state index contributed by atoms with van der Waals surface area (Å²) in [6, 6.07) is 12.9. The maximum atomic E-state index is 9.65. The average molecular weight is 431 g/mol. The molecule has 0 bridgehead atoms. The van der Waals surface area contributed by atoms with Crippen LogP contribution in [0.4, 0.5) is 5.69 Å². The zero-order chi connectivity index (χ0) is 20.3. The molecule has 0 N–H and O–H groups in total. The van der Waals surface area contributed by atoms with Gasteiger partial charge in [0.2, 0.25) is 5.06 Å². The highest BCUT2D eigenvalue weighted by Crippen LogP contribution is 2.41. The fraction of sp³-hybridized carbons (Fsp3) is 0.150. The second-order valence-corrected chi connectivity index (χ2v) is 7.71. The number of nitrogens with zero attached hydrogens (tertiary/aromatic N) is 4. The van der Waals surface area contributed by atoms with E-state index in [0.29, 0.717) is 43.4 Å². The Bertz CT molecular complexity index is 1090. The minimum Gasteiger partial charge on any atom is -0.443 e. The van der Waals surface area contributed by atoms with Crippen LogP contribution in [0.25, 0.3) is 11.3 Å². The number of nitriles is 1. The van der Waals surface area contributed by atoms with Crippen molar-refractivity contribution >= 4 is 46.8 Å². The predicted octanol–water partition coefficient (Wildman–Crippen LogP) is 6.31. The van der Waals surface area contributed by atoms with Crippen molar-refractivity contribution < 1.29 is 4.74 Å². The van der Waals surface area contributed by atoms with E-state index in [2.05, 4.69) is 15.4 Å². The van der Waals surface area contributed by atoms with Crippen molar-refractivity contribution in [2.45, 2.75) is 6.92 Å². The molecule has 1 aromatic heterocycles. The van der Waals surface area contributed by atoms with Crippen molar-refractivity contribution in [1.29, 1.82) is 5.26 Å². The zero-order valence-electron chi connectivity index (χ0n) is 15.4. The van der Waals surface area contributed by atoms with Gasteiger partial charge in [-0.1, -0.05) is 41.4 Å². The van der Waals surface area contributed by atoms with Crippen LogP contribution < -0.4 is 4.74 Å². The number of ether oxygens (including phenoxy) is 1. The number of aromatic nitrogens is 1. The first-order valence-electron chi connectivity index (χ1n) is 8.24. The normalized spacial score (nSPS) is 10.9. The molecule has 5 nitrogen and oxygen atoms in total. The molecule has 0 atom stereocenters. The van der Waals surface area contributed by atoms with Crippen LogP contribution in [0, 0.1) is 18.3 Å². The smallest absolute Gasteiger partial charge is 0.218 e. The fourth-order valence-electron chi connectivity index (χ4n) is 2.41. The minimum absolute atomic E-state index is 0.336. The molecule has 8 heteroatoms. The summed E-state index contributed by atoms with van der Waals surface area (Å²) in [5.41, 5.74) is 3.01. The minimum atomic E-state index is 0.336. The van der Waals surface area contributed by atoms with Crippen LogP contribution in [0.1, 0.15) is 11.1 Å². The van der Waals surface area contributed by atoms with E-state index in [4.69, 9.17) is 27.9 Å². The first kappa shape index (κ1) is 20.2. The Morgan fingerprint density at radius 1 is 1.21 bits per heavy atom. The lowest BCUT2D eigenvalue weighted by Gasteiger charge is -2.10. The second-order valence-electron chi connectivity index (χ2n) is 6.16. The van der Waals surface area contributed by atoms with Crippen LogP contribution in [-0.4, -0.2) is 29.7 Å². The number of hydrogen-bond acceptors (Lipinski definition) is 5. The van der Waals surface area contributed by atoms with E-state index in [1.54, 1.807) is 18.5 Å². The maximum Gasteiger partial charge on any atom is 0.218 e. The third kappa shape index (κ3) is 4.28. The van der Waals surface area contributed by atoms with Crippen molar-refractivity contribution in [3.8, 4) is 28.1 Å². The van der Waals surface area contributed by atoms with Gasteiger partial charge in [0.25, 0.3) is 0 Å². The van der Waals surface area contributed by atoms with Gasteiger partial charge in [0.1, 0.15) is 23.1 Å². The quantitative estimate of drug-likeness (QED) is 0.351. The monoisotopic (exact) mass is 430 g/mol. The topological polar surface area (TPSA) is 61.5 Å². The summed E-state index contributed by atoms with van der Waals surface area (Å²) in [7, 11) is 3.76. The predicted molar refractivity (Wildman–Crippen MR) is 115 cm³/mol. The molecule has 3 rings (SSSR count). The Morgan fingerprint density at radius 3 is 2.64 bits per heavy atom. The molecule has 0 aliphatic heterocycles. The Kier molecular flexibility index (Phi) is 6.20. The molecule has 0 aliphatic rings. The second kappa shape index (κ2) is 8.61. The standard InChI is InChI=1S/C20H16Cl2N4OS/c1-12-8-17(24-11-26(2)3)16(22)9-18(12)27-20-14(10-23)19(25-28-20)13-6-4-5-7-15(13)21/h4-9,11H,1-3H3. The van der Waals surface area contributed by atoms with Gasteiger partial charge in [0.15, 0.2) is 0 Å². The van der Waals surface area contributed by atoms with Crippen LogP contribution in [0.5, 0.6) is 10.8 Å². The van der Waals surface area contributed by atoms with E-state index in [1.807, 2.05) is 50.2 Å². The number of halogens is 2. The van der Waals surface area contributed by atoms with Crippen LogP contribution >= 0.6 is 34.7 Å². The van der Waals surface area contributed by atoms with E-state index in [9.17, 15) is 5.26 Å². The van der Waals surface area contributed by atoms with Crippen molar-refractivity contribution in [2.75, 3.05) is 14.1 Å². The van der Waals surface area contributed by atoms with Gasteiger partial charge in [0, 0.05) is 37.3 Å². The molecule has 0 fully saturated rings. The number of aryl methyl sites for hydroxylation is 1. The van der Waals surface area contributed by atoms with E-state index < -0.39 is 0 Å². The molecular weight excluding hydrogens is 415 g/mol. The molecule has 2 aromatic carbocycles. The van der Waals surface area contributed by atoms with Gasteiger partial charge in [0.05, 0.1) is 22.1 Å². The molecule has 28 heavy (non-hydrogen) atoms. The lowest BCUT2D eigenvalue weighted by atomic mass is 10.1. The Balaban J connectivity index is 1.96. The first-order valence-corrected chi connectivity index (χ1v) is 9.77. The lowest BCUT2D eigenvalue weighted by molar-refractivity contribution is 0.491. The third-order valence-corrected chi connectivity index (χ3v) is 5.14. The molecule has 0 saturated carbocycles. The number of aliphatic imine (C=N–C) groups is 1. The van der Waals surface area contributed by atoms with Crippen LogP contribution in [-0.2, 0) is 0 Å². The first-order chi connectivity index (χ1) is 13.4. The van der Waals surface area contributed by atoms with Crippen molar-refractivity contribution in [2.24, 2.45) is 4.99 Å². The van der Waals surface area contributed by atoms with Crippen LogP contribution in [0.15, 0.2) is 41.4 Å². The number of benzene rings is 2. The molecule has 0 aliphatic carbocycles. The summed E-state index contributed by atoms with van der Waals surface area (Å²) in [6.07, 6.45) is 1.67. The van der Waals surface area contributed by atoms with Crippen LogP contribution in [0.3, 0.4) is 0 Å². The maximum absolute atomic E-state index is 9.65. The van der Waals surface area contributed by atoms with Gasteiger partial charge in [-0.2, -0.15) is 9.64 Å².